The maximum Gasteiger partial charge on any atom is 0.417 e. The fourth-order valence-electron chi connectivity index (χ4n) is 3.13. The molecule has 0 bridgehead atoms. The first-order valence-electron chi connectivity index (χ1n) is 7.73. The van der Waals surface area contributed by atoms with Gasteiger partial charge in [-0.15, -0.1) is 0 Å². The number of imide groups is 1. The van der Waals surface area contributed by atoms with Crippen LogP contribution in [0, 0.1) is 0 Å². The van der Waals surface area contributed by atoms with E-state index in [4.69, 9.17) is 0 Å². The summed E-state index contributed by atoms with van der Waals surface area (Å²) in [6.07, 6.45) is -3.86. The molecular weight excluding hydrogens is 357 g/mol. The first-order valence-corrected chi connectivity index (χ1v) is 8.72. The molecule has 3 amide bonds. The summed E-state index contributed by atoms with van der Waals surface area (Å²) in [5, 5.41) is -0.294. The quantitative estimate of drug-likeness (QED) is 0.801. The van der Waals surface area contributed by atoms with Crippen molar-refractivity contribution in [2.45, 2.75) is 25.1 Å². The van der Waals surface area contributed by atoms with Crippen LogP contribution in [0.25, 0.3) is 0 Å². The molecule has 25 heavy (non-hydrogen) atoms. The summed E-state index contributed by atoms with van der Waals surface area (Å²) >= 11 is 0.948. The van der Waals surface area contributed by atoms with Crippen molar-refractivity contribution in [2.75, 3.05) is 18.8 Å². The number of nitrogens with zero attached hydrogens (tertiary/aromatic N) is 2. The van der Waals surface area contributed by atoms with E-state index in [1.807, 2.05) is 0 Å². The number of alkyl halides is 3. The molecule has 0 atom stereocenters. The molecule has 5 nitrogen and oxygen atoms in total. The number of thioether (sulfide) groups is 1. The molecule has 2 heterocycles. The van der Waals surface area contributed by atoms with Crippen LogP contribution in [0.2, 0.25) is 0 Å². The fraction of sp³-hybridized carbons (Fsp3) is 0.438. The number of halogens is 3. The first-order chi connectivity index (χ1) is 11.8. The Morgan fingerprint density at radius 1 is 1.12 bits per heavy atom. The predicted octanol–water partition coefficient (Wildman–Crippen LogP) is 3.01. The van der Waals surface area contributed by atoms with E-state index in [0.717, 1.165) is 17.8 Å². The molecule has 0 aliphatic carbocycles. The van der Waals surface area contributed by atoms with E-state index in [0.29, 0.717) is 12.8 Å². The van der Waals surface area contributed by atoms with Gasteiger partial charge in [-0.05, 0) is 25.0 Å². The predicted molar refractivity (Wildman–Crippen MR) is 85.1 cm³/mol. The summed E-state index contributed by atoms with van der Waals surface area (Å²) in [5.74, 6) is -0.807. The molecular formula is C16H15F3N2O3S. The molecule has 9 heteroatoms. The lowest BCUT2D eigenvalue weighted by Crippen LogP contribution is -2.48. The Morgan fingerprint density at radius 3 is 2.32 bits per heavy atom. The summed E-state index contributed by atoms with van der Waals surface area (Å²) in [6, 6.07) is 4.40. The zero-order valence-electron chi connectivity index (χ0n) is 13.1. The highest BCUT2D eigenvalue weighted by Crippen LogP contribution is 2.33. The largest absolute Gasteiger partial charge is 0.417 e. The normalized spacial score (nSPS) is 19.6. The summed E-state index contributed by atoms with van der Waals surface area (Å²) < 4.78 is 39.2. The van der Waals surface area contributed by atoms with Crippen LogP contribution in [-0.2, 0) is 11.0 Å². The number of likely N-dealkylation sites (tertiary alicyclic amines) is 1. The highest BCUT2D eigenvalue weighted by atomic mass is 32.2. The van der Waals surface area contributed by atoms with Crippen LogP contribution in [0.3, 0.4) is 0 Å². The number of rotatable bonds is 2. The van der Waals surface area contributed by atoms with Crippen LogP contribution < -0.4 is 0 Å². The molecule has 2 aliphatic rings. The molecule has 0 unspecified atom stereocenters. The third-order valence-corrected chi connectivity index (χ3v) is 5.20. The van der Waals surface area contributed by atoms with Crippen molar-refractivity contribution in [1.29, 1.82) is 0 Å². The van der Waals surface area contributed by atoms with Gasteiger partial charge in [0.15, 0.2) is 0 Å². The van der Waals surface area contributed by atoms with Gasteiger partial charge in [0.2, 0.25) is 5.91 Å². The molecule has 2 fully saturated rings. The monoisotopic (exact) mass is 372 g/mol. The lowest BCUT2D eigenvalue weighted by atomic mass is 10.0. The van der Waals surface area contributed by atoms with Gasteiger partial charge in [0.05, 0.1) is 16.9 Å². The van der Waals surface area contributed by atoms with Crippen molar-refractivity contribution in [2.24, 2.45) is 0 Å². The van der Waals surface area contributed by atoms with Crippen molar-refractivity contribution in [3.05, 3.63) is 35.4 Å². The second-order valence-electron chi connectivity index (χ2n) is 5.89. The van der Waals surface area contributed by atoms with Gasteiger partial charge in [0, 0.05) is 19.1 Å². The summed E-state index contributed by atoms with van der Waals surface area (Å²) in [6.45, 7) is 0.412. The van der Waals surface area contributed by atoms with Crippen LogP contribution in [0.4, 0.5) is 18.0 Å². The van der Waals surface area contributed by atoms with Gasteiger partial charge in [0.1, 0.15) is 0 Å². The van der Waals surface area contributed by atoms with Crippen LogP contribution in [0.5, 0.6) is 0 Å². The number of carbonyl (C=O) groups is 3. The summed E-state index contributed by atoms with van der Waals surface area (Å²) in [5.41, 5.74) is -1.33. The Bertz CT molecular complexity index is 699. The lowest BCUT2D eigenvalue weighted by molar-refractivity contribution is -0.138. The number of carbonyl (C=O) groups excluding carboxylic acids is 3. The number of hydrogen-bond acceptors (Lipinski definition) is 4. The van der Waals surface area contributed by atoms with E-state index in [-0.39, 0.29) is 41.6 Å². The third-order valence-electron chi connectivity index (χ3n) is 4.36. The lowest BCUT2D eigenvalue weighted by Gasteiger charge is -2.35. The topological polar surface area (TPSA) is 57.7 Å². The number of benzene rings is 1. The van der Waals surface area contributed by atoms with E-state index in [9.17, 15) is 27.6 Å². The number of amides is 3. The molecule has 2 aliphatic heterocycles. The average Bonchev–Trinajstić information content (AvgIpc) is 2.92. The molecule has 0 aromatic heterocycles. The minimum Gasteiger partial charge on any atom is -0.338 e. The zero-order valence-corrected chi connectivity index (χ0v) is 13.9. The van der Waals surface area contributed by atoms with Gasteiger partial charge in [-0.1, -0.05) is 23.9 Å². The van der Waals surface area contributed by atoms with Crippen LogP contribution >= 0.6 is 11.8 Å². The highest BCUT2D eigenvalue weighted by molar-refractivity contribution is 8.14. The van der Waals surface area contributed by atoms with Crippen molar-refractivity contribution < 1.29 is 27.6 Å². The van der Waals surface area contributed by atoms with Gasteiger partial charge in [0.25, 0.3) is 11.1 Å². The minimum atomic E-state index is -4.60. The molecule has 0 spiro atoms. The maximum atomic E-state index is 13.1. The Labute approximate surface area is 146 Å². The number of piperidine rings is 1. The Morgan fingerprint density at radius 2 is 1.76 bits per heavy atom. The van der Waals surface area contributed by atoms with Crippen LogP contribution in [0.15, 0.2) is 24.3 Å². The van der Waals surface area contributed by atoms with Gasteiger partial charge >= 0.3 is 6.18 Å². The van der Waals surface area contributed by atoms with E-state index in [1.54, 1.807) is 0 Å². The Hall–Kier alpha value is -2.03. The summed E-state index contributed by atoms with van der Waals surface area (Å²) in [7, 11) is 0. The standard InChI is InChI=1S/C16H15F3N2O3S/c17-16(18,19)12-4-2-1-3-11(12)14(23)20-7-5-10(6-8-20)21-13(22)9-25-15(21)24/h1-4,10H,5-9H2. The number of hydrogen-bond donors (Lipinski definition) is 0. The average molecular weight is 372 g/mol. The van der Waals surface area contributed by atoms with Gasteiger partial charge in [-0.3, -0.25) is 19.3 Å². The van der Waals surface area contributed by atoms with Crippen LogP contribution in [-0.4, -0.2) is 51.7 Å². The molecule has 0 radical (unpaired) electrons. The molecule has 0 N–H and O–H groups in total. The zero-order chi connectivity index (χ0) is 18.2. The minimum absolute atomic E-state index is 0.122. The Balaban J connectivity index is 1.71. The maximum absolute atomic E-state index is 13.1. The SMILES string of the molecule is O=C(c1ccccc1C(F)(F)F)N1CCC(N2C(=O)CSC2=O)CC1. The molecule has 2 saturated heterocycles. The Kier molecular flexibility index (Phi) is 4.77. The van der Waals surface area contributed by atoms with Gasteiger partial charge in [-0.2, -0.15) is 13.2 Å². The molecule has 3 rings (SSSR count). The van der Waals surface area contributed by atoms with Crippen LogP contribution in [0.1, 0.15) is 28.8 Å². The summed E-state index contributed by atoms with van der Waals surface area (Å²) in [4.78, 5) is 38.6. The van der Waals surface area contributed by atoms with Crippen molar-refractivity contribution >= 4 is 28.8 Å². The first kappa shape index (κ1) is 17.8. The van der Waals surface area contributed by atoms with Crippen molar-refractivity contribution in [3.63, 3.8) is 0 Å². The smallest absolute Gasteiger partial charge is 0.338 e. The molecule has 0 saturated carbocycles. The fourth-order valence-corrected chi connectivity index (χ4v) is 3.91. The van der Waals surface area contributed by atoms with Crippen molar-refractivity contribution in [1.82, 2.24) is 9.80 Å². The second kappa shape index (κ2) is 6.70. The van der Waals surface area contributed by atoms with E-state index < -0.39 is 17.6 Å². The second-order valence-corrected chi connectivity index (χ2v) is 6.81. The van der Waals surface area contributed by atoms with Crippen molar-refractivity contribution in [3.8, 4) is 0 Å². The highest BCUT2D eigenvalue weighted by Gasteiger charge is 2.39. The van der Waals surface area contributed by atoms with E-state index in [1.165, 1.54) is 28.0 Å². The van der Waals surface area contributed by atoms with E-state index in [2.05, 4.69) is 0 Å². The van der Waals surface area contributed by atoms with Gasteiger partial charge < -0.3 is 4.90 Å². The molecule has 1 aromatic rings. The van der Waals surface area contributed by atoms with Gasteiger partial charge in [-0.25, -0.2) is 0 Å². The molecule has 134 valence electrons. The molecule has 1 aromatic carbocycles. The van der Waals surface area contributed by atoms with E-state index >= 15 is 0 Å². The third kappa shape index (κ3) is 3.51.